The van der Waals surface area contributed by atoms with E-state index >= 15 is 0 Å². The minimum absolute atomic E-state index is 0.286. The van der Waals surface area contributed by atoms with Crippen LogP contribution in [0.1, 0.15) is 34.6 Å². The third-order valence-electron chi connectivity index (χ3n) is 2.89. The Kier molecular flexibility index (Phi) is 3.37. The van der Waals surface area contributed by atoms with Crippen molar-refractivity contribution < 1.29 is 4.74 Å². The third kappa shape index (κ3) is 1.98. The second kappa shape index (κ2) is 3.38. The minimum Gasteiger partial charge on any atom is -0.381 e. The van der Waals surface area contributed by atoms with E-state index in [2.05, 4.69) is 34.6 Å². The monoisotopic (exact) mass is 144 g/mol. The molecule has 0 aromatic heterocycles. The molecule has 0 aliphatic carbocycles. The molecule has 0 aromatic rings. The molecule has 0 N–H and O–H groups in total. The largest absolute Gasteiger partial charge is 0.381 e. The van der Waals surface area contributed by atoms with Crippen LogP contribution in [0, 0.1) is 11.3 Å². The van der Waals surface area contributed by atoms with Crippen molar-refractivity contribution >= 4 is 0 Å². The Morgan fingerprint density at radius 1 is 1.10 bits per heavy atom. The molecule has 1 heteroatoms. The molecule has 1 atom stereocenters. The summed E-state index contributed by atoms with van der Waals surface area (Å²) in [6.45, 7) is 11.1. The van der Waals surface area contributed by atoms with Gasteiger partial charge in [-0.05, 0) is 18.3 Å². The number of ether oxygens (including phenoxy) is 1. The van der Waals surface area contributed by atoms with E-state index in [9.17, 15) is 0 Å². The van der Waals surface area contributed by atoms with Crippen molar-refractivity contribution in [1.82, 2.24) is 0 Å². The second-order valence-electron chi connectivity index (χ2n) is 3.85. The Hall–Kier alpha value is -0.0400. The molecule has 1 nitrogen and oxygen atoms in total. The van der Waals surface area contributed by atoms with Crippen molar-refractivity contribution in [2.75, 3.05) is 7.11 Å². The Balaban J connectivity index is 4.09. The van der Waals surface area contributed by atoms with Crippen LogP contribution in [0.5, 0.6) is 0 Å². The van der Waals surface area contributed by atoms with Crippen LogP contribution in [0.2, 0.25) is 0 Å². The van der Waals surface area contributed by atoms with Gasteiger partial charge in [0.05, 0.1) is 6.10 Å². The van der Waals surface area contributed by atoms with E-state index in [4.69, 9.17) is 4.74 Å². The van der Waals surface area contributed by atoms with Crippen LogP contribution in [0.4, 0.5) is 0 Å². The summed E-state index contributed by atoms with van der Waals surface area (Å²) in [5.41, 5.74) is 0.286. The van der Waals surface area contributed by atoms with Crippen molar-refractivity contribution in [1.29, 1.82) is 0 Å². The van der Waals surface area contributed by atoms with E-state index < -0.39 is 0 Å². The maximum atomic E-state index is 5.28. The normalized spacial score (nSPS) is 15.9. The van der Waals surface area contributed by atoms with Gasteiger partial charge in [0.2, 0.25) is 0 Å². The Morgan fingerprint density at radius 3 is 1.60 bits per heavy atom. The quantitative estimate of drug-likeness (QED) is 0.591. The Morgan fingerprint density at radius 2 is 1.50 bits per heavy atom. The summed E-state index contributed by atoms with van der Waals surface area (Å²) in [4.78, 5) is 0. The first kappa shape index (κ1) is 9.96. The number of hydrogen-bond acceptors (Lipinski definition) is 1. The van der Waals surface area contributed by atoms with Crippen molar-refractivity contribution in [3.63, 3.8) is 0 Å². The van der Waals surface area contributed by atoms with Crippen LogP contribution in [0.25, 0.3) is 0 Å². The fourth-order valence-electron chi connectivity index (χ4n) is 0.773. The minimum atomic E-state index is 0.286. The Labute approximate surface area is 64.8 Å². The fourth-order valence-corrected chi connectivity index (χ4v) is 0.773. The summed E-state index contributed by atoms with van der Waals surface area (Å²) in [5, 5.41) is 0. The molecule has 0 bridgehead atoms. The lowest BCUT2D eigenvalue weighted by molar-refractivity contribution is -0.00544. The molecule has 0 saturated carbocycles. The summed E-state index contributed by atoms with van der Waals surface area (Å²) in [5.74, 6) is 0.669. The number of hydrogen-bond donors (Lipinski definition) is 0. The molecule has 62 valence electrons. The summed E-state index contributed by atoms with van der Waals surface area (Å²) in [6, 6.07) is 0. The van der Waals surface area contributed by atoms with Crippen molar-refractivity contribution in [3.8, 4) is 0 Å². The highest BCUT2D eigenvalue weighted by atomic mass is 16.5. The van der Waals surface area contributed by atoms with Crippen molar-refractivity contribution in [3.05, 3.63) is 0 Å². The van der Waals surface area contributed by atoms with Gasteiger partial charge in [-0.15, -0.1) is 0 Å². The molecule has 0 aliphatic heterocycles. The molecule has 0 aliphatic rings. The highest BCUT2D eigenvalue weighted by molar-refractivity contribution is 4.78. The van der Waals surface area contributed by atoms with Gasteiger partial charge in [0.25, 0.3) is 0 Å². The zero-order chi connectivity index (χ0) is 8.36. The van der Waals surface area contributed by atoms with Crippen LogP contribution in [-0.2, 0) is 4.74 Å². The van der Waals surface area contributed by atoms with E-state index in [0.29, 0.717) is 12.0 Å². The zero-order valence-electron chi connectivity index (χ0n) is 8.06. The maximum absolute atomic E-state index is 5.28. The summed E-state index contributed by atoms with van der Waals surface area (Å²) >= 11 is 0. The first-order chi connectivity index (χ1) is 4.42. The molecule has 0 aromatic carbocycles. The predicted octanol–water partition coefficient (Wildman–Crippen LogP) is 2.70. The van der Waals surface area contributed by atoms with Crippen LogP contribution in [0.15, 0.2) is 0 Å². The lowest BCUT2D eigenvalue weighted by Gasteiger charge is -2.34. The van der Waals surface area contributed by atoms with E-state index in [1.807, 2.05) is 0 Å². The van der Waals surface area contributed by atoms with Gasteiger partial charge >= 0.3 is 0 Å². The molecule has 0 saturated heterocycles. The predicted molar refractivity (Wildman–Crippen MR) is 45.1 cm³/mol. The highest BCUT2D eigenvalue weighted by Crippen LogP contribution is 2.31. The SMILES string of the molecule is COC(C)C(C)(C)C(C)C. The van der Waals surface area contributed by atoms with Crippen molar-refractivity contribution in [2.24, 2.45) is 11.3 Å². The molecule has 0 heterocycles. The van der Waals surface area contributed by atoms with Crippen LogP contribution >= 0.6 is 0 Å². The highest BCUT2D eigenvalue weighted by Gasteiger charge is 2.28. The molecule has 0 radical (unpaired) electrons. The maximum Gasteiger partial charge on any atom is 0.0596 e. The molecule has 0 fully saturated rings. The first-order valence-corrected chi connectivity index (χ1v) is 3.95. The van der Waals surface area contributed by atoms with Crippen LogP contribution < -0.4 is 0 Å². The van der Waals surface area contributed by atoms with Gasteiger partial charge in [0.15, 0.2) is 0 Å². The summed E-state index contributed by atoms with van der Waals surface area (Å²) < 4.78 is 5.28. The molecule has 0 amide bonds. The van der Waals surface area contributed by atoms with Gasteiger partial charge in [0.1, 0.15) is 0 Å². The van der Waals surface area contributed by atoms with Gasteiger partial charge in [0, 0.05) is 7.11 Å². The summed E-state index contributed by atoms with van der Waals surface area (Å²) in [7, 11) is 1.77. The van der Waals surface area contributed by atoms with E-state index in [-0.39, 0.29) is 5.41 Å². The molecule has 1 unspecified atom stereocenters. The topological polar surface area (TPSA) is 9.23 Å². The lowest BCUT2D eigenvalue weighted by atomic mass is 9.77. The molecule has 0 spiro atoms. The molecular formula is C9H20O. The smallest absolute Gasteiger partial charge is 0.0596 e. The first-order valence-electron chi connectivity index (χ1n) is 3.95. The molecule has 0 rings (SSSR count). The van der Waals surface area contributed by atoms with Gasteiger partial charge in [-0.1, -0.05) is 27.7 Å². The standard InChI is InChI=1S/C9H20O/c1-7(2)9(4,5)8(3)10-6/h7-8H,1-6H3. The average molecular weight is 144 g/mol. The van der Waals surface area contributed by atoms with Gasteiger partial charge in [-0.2, -0.15) is 0 Å². The van der Waals surface area contributed by atoms with E-state index in [1.54, 1.807) is 7.11 Å². The van der Waals surface area contributed by atoms with Gasteiger partial charge in [-0.3, -0.25) is 0 Å². The zero-order valence-corrected chi connectivity index (χ0v) is 8.06. The van der Waals surface area contributed by atoms with E-state index in [1.165, 1.54) is 0 Å². The van der Waals surface area contributed by atoms with Crippen LogP contribution in [-0.4, -0.2) is 13.2 Å². The summed E-state index contributed by atoms with van der Waals surface area (Å²) in [6.07, 6.45) is 0.340. The average Bonchev–Trinajstić information content (AvgIpc) is 1.86. The number of rotatable bonds is 3. The number of methoxy groups -OCH3 is 1. The second-order valence-corrected chi connectivity index (χ2v) is 3.85. The lowest BCUT2D eigenvalue weighted by Crippen LogP contribution is -2.33. The van der Waals surface area contributed by atoms with E-state index in [0.717, 1.165) is 0 Å². The van der Waals surface area contributed by atoms with Gasteiger partial charge < -0.3 is 4.74 Å². The molecule has 10 heavy (non-hydrogen) atoms. The van der Waals surface area contributed by atoms with Gasteiger partial charge in [-0.25, -0.2) is 0 Å². The van der Waals surface area contributed by atoms with Crippen LogP contribution in [0.3, 0.4) is 0 Å². The third-order valence-corrected chi connectivity index (χ3v) is 2.89. The van der Waals surface area contributed by atoms with Crippen molar-refractivity contribution in [2.45, 2.75) is 40.7 Å². The Bertz CT molecular complexity index is 94.9. The fraction of sp³-hybridized carbons (Fsp3) is 1.00. The molecular weight excluding hydrogens is 124 g/mol.